The Hall–Kier alpha value is -1.16. The standard InChI is InChI=1S/C13H21N3O/c1-2-9-3-5-10(6-4-9)13-15-11(8-14)7-12(17)16-13/h7,9-10H,2-6,8,14H2,1H3,(H,15,16,17). The van der Waals surface area contributed by atoms with E-state index in [9.17, 15) is 4.79 Å². The molecule has 3 N–H and O–H groups in total. The Balaban J connectivity index is 2.12. The molecule has 4 nitrogen and oxygen atoms in total. The molecule has 1 heterocycles. The third kappa shape index (κ3) is 2.94. The molecule has 1 aliphatic rings. The fourth-order valence-corrected chi connectivity index (χ4v) is 2.67. The van der Waals surface area contributed by atoms with Gasteiger partial charge in [-0.1, -0.05) is 13.3 Å². The van der Waals surface area contributed by atoms with Gasteiger partial charge in [-0.15, -0.1) is 0 Å². The molecule has 1 fully saturated rings. The van der Waals surface area contributed by atoms with E-state index in [0.717, 1.165) is 24.6 Å². The molecule has 1 aromatic heterocycles. The SMILES string of the molecule is CCC1CCC(c2nc(CN)cc(=O)[nH]2)CC1. The summed E-state index contributed by atoms with van der Waals surface area (Å²) in [6.07, 6.45) is 6.03. The predicted octanol–water partition coefficient (Wildman–Crippen LogP) is 1.91. The van der Waals surface area contributed by atoms with E-state index in [1.807, 2.05) is 0 Å². The molecule has 0 spiro atoms. The minimum atomic E-state index is -0.0759. The van der Waals surface area contributed by atoms with Gasteiger partial charge in [0.05, 0.1) is 5.69 Å². The lowest BCUT2D eigenvalue weighted by Crippen LogP contribution is -2.20. The van der Waals surface area contributed by atoms with Gasteiger partial charge in [0.2, 0.25) is 0 Å². The van der Waals surface area contributed by atoms with Crippen molar-refractivity contribution in [2.24, 2.45) is 11.7 Å². The number of rotatable bonds is 3. The normalized spacial score (nSPS) is 24.8. The van der Waals surface area contributed by atoms with E-state index in [1.54, 1.807) is 0 Å². The molecular formula is C13H21N3O. The van der Waals surface area contributed by atoms with Gasteiger partial charge in [0.1, 0.15) is 5.82 Å². The molecule has 17 heavy (non-hydrogen) atoms. The zero-order valence-electron chi connectivity index (χ0n) is 10.4. The van der Waals surface area contributed by atoms with Crippen LogP contribution in [0, 0.1) is 5.92 Å². The summed E-state index contributed by atoms with van der Waals surface area (Å²) < 4.78 is 0. The summed E-state index contributed by atoms with van der Waals surface area (Å²) in [6, 6.07) is 1.49. The van der Waals surface area contributed by atoms with E-state index in [0.29, 0.717) is 18.2 Å². The quantitative estimate of drug-likeness (QED) is 0.840. The molecule has 0 saturated heterocycles. The van der Waals surface area contributed by atoms with E-state index >= 15 is 0 Å². The molecule has 0 atom stereocenters. The molecule has 1 aliphatic carbocycles. The number of nitrogens with one attached hydrogen (secondary N) is 1. The lowest BCUT2D eigenvalue weighted by Gasteiger charge is -2.27. The monoisotopic (exact) mass is 235 g/mol. The van der Waals surface area contributed by atoms with Gasteiger partial charge in [0.25, 0.3) is 5.56 Å². The van der Waals surface area contributed by atoms with E-state index in [-0.39, 0.29) is 5.56 Å². The van der Waals surface area contributed by atoms with Gasteiger partial charge in [0, 0.05) is 18.5 Å². The lowest BCUT2D eigenvalue weighted by atomic mass is 9.80. The molecule has 0 bridgehead atoms. The second-order valence-electron chi connectivity index (χ2n) is 4.95. The topological polar surface area (TPSA) is 71.8 Å². The van der Waals surface area contributed by atoms with Gasteiger partial charge >= 0.3 is 0 Å². The first-order chi connectivity index (χ1) is 8.22. The average molecular weight is 235 g/mol. The first kappa shape index (κ1) is 12.3. The van der Waals surface area contributed by atoms with Crippen molar-refractivity contribution in [1.82, 2.24) is 9.97 Å². The smallest absolute Gasteiger partial charge is 0.251 e. The fraction of sp³-hybridized carbons (Fsp3) is 0.692. The first-order valence-corrected chi connectivity index (χ1v) is 6.53. The van der Waals surface area contributed by atoms with Gasteiger partial charge in [-0.3, -0.25) is 4.79 Å². The van der Waals surface area contributed by atoms with Crippen molar-refractivity contribution < 1.29 is 0 Å². The van der Waals surface area contributed by atoms with Crippen molar-refractivity contribution in [3.63, 3.8) is 0 Å². The van der Waals surface area contributed by atoms with Crippen LogP contribution in [0.15, 0.2) is 10.9 Å². The number of nitrogens with two attached hydrogens (primary N) is 1. The van der Waals surface area contributed by atoms with Crippen molar-refractivity contribution in [2.75, 3.05) is 0 Å². The van der Waals surface area contributed by atoms with Gasteiger partial charge in [0.15, 0.2) is 0 Å². The fourth-order valence-electron chi connectivity index (χ4n) is 2.67. The van der Waals surface area contributed by atoms with Crippen LogP contribution in [0.25, 0.3) is 0 Å². The zero-order chi connectivity index (χ0) is 12.3. The minimum Gasteiger partial charge on any atom is -0.325 e. The molecule has 0 radical (unpaired) electrons. The highest BCUT2D eigenvalue weighted by atomic mass is 16.1. The summed E-state index contributed by atoms with van der Waals surface area (Å²) >= 11 is 0. The van der Waals surface area contributed by atoms with E-state index < -0.39 is 0 Å². The number of aromatic amines is 1. The van der Waals surface area contributed by atoms with E-state index in [2.05, 4.69) is 16.9 Å². The summed E-state index contributed by atoms with van der Waals surface area (Å²) in [6.45, 7) is 2.58. The third-order valence-corrected chi connectivity index (χ3v) is 3.83. The number of hydrogen-bond donors (Lipinski definition) is 2. The Labute approximate surface area is 102 Å². The highest BCUT2D eigenvalue weighted by molar-refractivity contribution is 5.06. The van der Waals surface area contributed by atoms with Crippen molar-refractivity contribution in [3.05, 3.63) is 27.9 Å². The molecular weight excluding hydrogens is 214 g/mol. The van der Waals surface area contributed by atoms with Crippen LogP contribution >= 0.6 is 0 Å². The second kappa shape index (κ2) is 5.45. The maximum Gasteiger partial charge on any atom is 0.251 e. The average Bonchev–Trinajstić information content (AvgIpc) is 2.38. The molecule has 2 rings (SSSR count). The summed E-state index contributed by atoms with van der Waals surface area (Å²) in [4.78, 5) is 18.8. The Morgan fingerprint density at radius 3 is 2.71 bits per heavy atom. The number of hydrogen-bond acceptors (Lipinski definition) is 3. The predicted molar refractivity (Wildman–Crippen MR) is 67.7 cm³/mol. The van der Waals surface area contributed by atoms with Crippen LogP contribution in [-0.4, -0.2) is 9.97 Å². The van der Waals surface area contributed by atoms with Crippen LogP contribution in [-0.2, 0) is 6.54 Å². The minimum absolute atomic E-state index is 0.0759. The highest BCUT2D eigenvalue weighted by Crippen LogP contribution is 2.35. The Bertz CT molecular complexity index is 419. The Kier molecular flexibility index (Phi) is 3.94. The van der Waals surface area contributed by atoms with Gasteiger partial charge in [-0.2, -0.15) is 0 Å². The summed E-state index contributed by atoms with van der Waals surface area (Å²) in [7, 11) is 0. The molecule has 0 unspecified atom stereocenters. The van der Waals surface area contributed by atoms with Crippen LogP contribution in [0.4, 0.5) is 0 Å². The van der Waals surface area contributed by atoms with Crippen molar-refractivity contribution in [2.45, 2.75) is 51.5 Å². The zero-order valence-corrected chi connectivity index (χ0v) is 10.4. The van der Waals surface area contributed by atoms with Crippen LogP contribution in [0.3, 0.4) is 0 Å². The van der Waals surface area contributed by atoms with Gasteiger partial charge in [-0.25, -0.2) is 4.98 Å². The molecule has 1 aromatic rings. The van der Waals surface area contributed by atoms with Crippen molar-refractivity contribution >= 4 is 0 Å². The molecule has 94 valence electrons. The van der Waals surface area contributed by atoms with Crippen LogP contribution in [0.2, 0.25) is 0 Å². The summed E-state index contributed by atoms with van der Waals surface area (Å²) in [5.74, 6) is 2.11. The molecule has 1 saturated carbocycles. The summed E-state index contributed by atoms with van der Waals surface area (Å²) in [5, 5.41) is 0. The van der Waals surface area contributed by atoms with E-state index in [4.69, 9.17) is 5.73 Å². The second-order valence-corrected chi connectivity index (χ2v) is 4.95. The summed E-state index contributed by atoms with van der Waals surface area (Å²) in [5.41, 5.74) is 6.17. The highest BCUT2D eigenvalue weighted by Gasteiger charge is 2.23. The molecule has 0 aromatic carbocycles. The number of nitrogens with zero attached hydrogens (tertiary/aromatic N) is 1. The van der Waals surface area contributed by atoms with Gasteiger partial charge < -0.3 is 10.7 Å². The molecule has 4 heteroatoms. The number of H-pyrrole nitrogens is 1. The van der Waals surface area contributed by atoms with E-state index in [1.165, 1.54) is 25.3 Å². The third-order valence-electron chi connectivity index (χ3n) is 3.83. The van der Waals surface area contributed by atoms with Crippen LogP contribution < -0.4 is 11.3 Å². The number of aromatic nitrogens is 2. The van der Waals surface area contributed by atoms with Gasteiger partial charge in [-0.05, 0) is 31.6 Å². The lowest BCUT2D eigenvalue weighted by molar-refractivity contribution is 0.311. The van der Waals surface area contributed by atoms with Crippen molar-refractivity contribution in [1.29, 1.82) is 0 Å². The Morgan fingerprint density at radius 2 is 2.12 bits per heavy atom. The largest absolute Gasteiger partial charge is 0.325 e. The molecule has 0 amide bonds. The Morgan fingerprint density at radius 1 is 1.41 bits per heavy atom. The van der Waals surface area contributed by atoms with Crippen molar-refractivity contribution in [3.8, 4) is 0 Å². The maximum atomic E-state index is 11.5. The first-order valence-electron chi connectivity index (χ1n) is 6.53. The molecule has 0 aliphatic heterocycles. The van der Waals surface area contributed by atoms with Crippen LogP contribution in [0.1, 0.15) is 56.5 Å². The van der Waals surface area contributed by atoms with Crippen LogP contribution in [0.5, 0.6) is 0 Å². The maximum absolute atomic E-state index is 11.5.